The molecule has 6 nitrogen and oxygen atoms in total. The van der Waals surface area contributed by atoms with Gasteiger partial charge in [-0.05, 0) is 36.8 Å². The molecule has 0 aliphatic carbocycles. The minimum Gasteiger partial charge on any atom is -0.493 e. The molecule has 1 amide bonds. The second-order valence-corrected chi connectivity index (χ2v) is 6.50. The topological polar surface area (TPSA) is 79.8 Å². The van der Waals surface area contributed by atoms with Crippen LogP contribution in [0.25, 0.3) is 10.9 Å². The standard InChI is InChI=1S/C18H17BrN4O2/c1-2-3-10-23-15-5-4-13(19)11-14(15)16(18(23)25)21-22-17(24)12-6-8-20-9-7-12/h4-9,11,25H,2-3,10H2,1H3. The lowest BCUT2D eigenvalue weighted by Gasteiger charge is -2.05. The number of carbonyl (C=O) groups is 1. The Morgan fingerprint density at radius 3 is 2.76 bits per heavy atom. The lowest BCUT2D eigenvalue weighted by molar-refractivity contribution is 0.0995. The van der Waals surface area contributed by atoms with Crippen LogP contribution >= 0.6 is 15.9 Å². The molecule has 1 N–H and O–H groups in total. The fraction of sp³-hybridized carbons (Fsp3) is 0.222. The molecule has 0 bridgehead atoms. The summed E-state index contributed by atoms with van der Waals surface area (Å²) in [4.78, 5) is 16.0. The van der Waals surface area contributed by atoms with Crippen LogP contribution in [0, 0.1) is 0 Å². The summed E-state index contributed by atoms with van der Waals surface area (Å²) in [6.45, 7) is 2.77. The van der Waals surface area contributed by atoms with Gasteiger partial charge in [-0.25, -0.2) is 0 Å². The average molecular weight is 401 g/mol. The molecule has 1 aromatic carbocycles. The van der Waals surface area contributed by atoms with Crippen molar-refractivity contribution < 1.29 is 9.90 Å². The van der Waals surface area contributed by atoms with E-state index in [0.29, 0.717) is 17.8 Å². The van der Waals surface area contributed by atoms with Gasteiger partial charge >= 0.3 is 0 Å². The van der Waals surface area contributed by atoms with Crippen LogP contribution in [0.4, 0.5) is 5.69 Å². The van der Waals surface area contributed by atoms with E-state index < -0.39 is 5.91 Å². The zero-order valence-electron chi connectivity index (χ0n) is 13.7. The molecule has 0 spiro atoms. The van der Waals surface area contributed by atoms with E-state index >= 15 is 0 Å². The third kappa shape index (κ3) is 3.61. The van der Waals surface area contributed by atoms with Crippen LogP contribution in [0.3, 0.4) is 0 Å². The highest BCUT2D eigenvalue weighted by Gasteiger charge is 2.17. The van der Waals surface area contributed by atoms with Gasteiger partial charge in [0, 0.05) is 34.4 Å². The van der Waals surface area contributed by atoms with E-state index in [0.717, 1.165) is 28.2 Å². The Hall–Kier alpha value is -2.54. The number of aromatic nitrogens is 2. The van der Waals surface area contributed by atoms with Crippen LogP contribution in [0.15, 0.2) is 57.4 Å². The van der Waals surface area contributed by atoms with E-state index in [9.17, 15) is 9.90 Å². The summed E-state index contributed by atoms with van der Waals surface area (Å²) in [5.41, 5.74) is 1.56. The van der Waals surface area contributed by atoms with E-state index in [-0.39, 0.29) is 5.88 Å². The van der Waals surface area contributed by atoms with Crippen LogP contribution in [0.5, 0.6) is 5.88 Å². The summed E-state index contributed by atoms with van der Waals surface area (Å²) in [6.07, 6.45) is 4.98. The maximum absolute atomic E-state index is 12.1. The third-order valence-corrected chi connectivity index (χ3v) is 4.37. The lowest BCUT2D eigenvalue weighted by Crippen LogP contribution is -1.96. The van der Waals surface area contributed by atoms with Gasteiger partial charge in [-0.1, -0.05) is 29.3 Å². The molecule has 25 heavy (non-hydrogen) atoms. The minimum absolute atomic E-state index is 0.0211. The Morgan fingerprint density at radius 2 is 2.04 bits per heavy atom. The number of amides is 1. The highest BCUT2D eigenvalue weighted by Crippen LogP contribution is 2.40. The predicted molar refractivity (Wildman–Crippen MR) is 99.3 cm³/mol. The summed E-state index contributed by atoms with van der Waals surface area (Å²) in [6, 6.07) is 8.83. The Labute approximate surface area is 153 Å². The van der Waals surface area contributed by atoms with Gasteiger partial charge in [0.1, 0.15) is 0 Å². The Kier molecular flexibility index (Phi) is 5.23. The Bertz CT molecular complexity index is 935. The quantitative estimate of drug-likeness (QED) is 0.595. The van der Waals surface area contributed by atoms with Gasteiger partial charge in [0.25, 0.3) is 5.91 Å². The highest BCUT2D eigenvalue weighted by atomic mass is 79.9. The molecule has 0 aliphatic heterocycles. The molecule has 0 saturated carbocycles. The number of benzene rings is 1. The van der Waals surface area contributed by atoms with Crippen LogP contribution < -0.4 is 0 Å². The van der Waals surface area contributed by atoms with Crippen LogP contribution in [-0.4, -0.2) is 20.6 Å². The molecule has 3 rings (SSSR count). The maximum atomic E-state index is 12.1. The number of rotatable bonds is 5. The number of halogens is 1. The number of carbonyl (C=O) groups excluding carboxylic acids is 1. The monoisotopic (exact) mass is 400 g/mol. The van der Waals surface area contributed by atoms with Gasteiger partial charge in [0.05, 0.1) is 5.52 Å². The van der Waals surface area contributed by atoms with Gasteiger partial charge in [-0.2, -0.15) is 0 Å². The second kappa shape index (κ2) is 7.57. The van der Waals surface area contributed by atoms with Crippen molar-refractivity contribution in [2.45, 2.75) is 26.3 Å². The van der Waals surface area contributed by atoms with Crippen molar-refractivity contribution in [2.24, 2.45) is 10.2 Å². The molecule has 7 heteroatoms. The Morgan fingerprint density at radius 1 is 1.28 bits per heavy atom. The first-order chi connectivity index (χ1) is 12.1. The number of azo groups is 1. The number of nitrogens with zero attached hydrogens (tertiary/aromatic N) is 4. The highest BCUT2D eigenvalue weighted by molar-refractivity contribution is 9.10. The summed E-state index contributed by atoms with van der Waals surface area (Å²) >= 11 is 3.43. The molecule has 0 unspecified atom stereocenters. The summed E-state index contributed by atoms with van der Waals surface area (Å²) in [5, 5.41) is 19.1. The molecule has 0 fully saturated rings. The Balaban J connectivity index is 2.03. The van der Waals surface area contributed by atoms with Gasteiger partial charge in [0.2, 0.25) is 5.88 Å². The number of hydrogen-bond acceptors (Lipinski definition) is 4. The van der Waals surface area contributed by atoms with E-state index in [1.165, 1.54) is 12.4 Å². The molecular weight excluding hydrogens is 384 g/mol. The smallest absolute Gasteiger partial charge is 0.295 e. The molecule has 0 aliphatic rings. The van der Waals surface area contributed by atoms with Gasteiger partial charge in [-0.15, -0.1) is 10.2 Å². The van der Waals surface area contributed by atoms with E-state index in [4.69, 9.17) is 0 Å². The molecule has 0 radical (unpaired) electrons. The SMILES string of the molecule is CCCCn1c(O)c(N=NC(=O)c2ccncc2)c2cc(Br)ccc21. The molecule has 128 valence electrons. The molecule has 3 aromatic rings. The van der Waals surface area contributed by atoms with Gasteiger partial charge in [0.15, 0.2) is 5.69 Å². The van der Waals surface area contributed by atoms with E-state index in [2.05, 4.69) is 38.1 Å². The van der Waals surface area contributed by atoms with Gasteiger partial charge < -0.3 is 9.67 Å². The van der Waals surface area contributed by atoms with Crippen molar-refractivity contribution >= 4 is 38.4 Å². The zero-order valence-corrected chi connectivity index (χ0v) is 15.3. The van der Waals surface area contributed by atoms with E-state index in [1.54, 1.807) is 16.7 Å². The third-order valence-electron chi connectivity index (χ3n) is 3.88. The van der Waals surface area contributed by atoms with Crippen molar-refractivity contribution in [2.75, 3.05) is 0 Å². The maximum Gasteiger partial charge on any atom is 0.295 e. The number of hydrogen-bond donors (Lipinski definition) is 1. The number of fused-ring (bicyclic) bond motifs is 1. The first-order valence-electron chi connectivity index (χ1n) is 7.98. The normalized spacial score (nSPS) is 11.4. The first kappa shape index (κ1) is 17.3. The zero-order chi connectivity index (χ0) is 17.8. The molecule has 0 atom stereocenters. The predicted octanol–water partition coefficient (Wildman–Crippen LogP) is 5.23. The molecule has 2 heterocycles. The van der Waals surface area contributed by atoms with Crippen LogP contribution in [0.2, 0.25) is 0 Å². The minimum atomic E-state index is -0.480. The largest absolute Gasteiger partial charge is 0.493 e. The summed E-state index contributed by atoms with van der Waals surface area (Å²) in [7, 11) is 0. The molecule has 2 aromatic heterocycles. The fourth-order valence-corrected chi connectivity index (χ4v) is 2.95. The average Bonchev–Trinajstić information content (AvgIpc) is 2.89. The van der Waals surface area contributed by atoms with Crippen molar-refractivity contribution in [1.82, 2.24) is 9.55 Å². The van der Waals surface area contributed by atoms with Gasteiger partial charge in [-0.3, -0.25) is 9.78 Å². The first-order valence-corrected chi connectivity index (χ1v) is 8.78. The summed E-state index contributed by atoms with van der Waals surface area (Å²) < 4.78 is 2.67. The van der Waals surface area contributed by atoms with Crippen molar-refractivity contribution in [3.05, 3.63) is 52.8 Å². The number of unbranched alkanes of at least 4 members (excludes halogenated alkanes) is 1. The van der Waals surface area contributed by atoms with Crippen LogP contribution in [0.1, 0.15) is 30.1 Å². The van der Waals surface area contributed by atoms with Crippen molar-refractivity contribution in [1.29, 1.82) is 0 Å². The summed E-state index contributed by atoms with van der Waals surface area (Å²) in [5.74, 6) is -0.459. The number of aromatic hydroxyl groups is 1. The molecule has 0 saturated heterocycles. The van der Waals surface area contributed by atoms with E-state index in [1.807, 2.05) is 18.2 Å². The van der Waals surface area contributed by atoms with Crippen molar-refractivity contribution in [3.8, 4) is 5.88 Å². The second-order valence-electron chi connectivity index (χ2n) is 5.58. The molecular formula is C18H17BrN4O2. The fourth-order valence-electron chi connectivity index (χ4n) is 2.58. The van der Waals surface area contributed by atoms with Crippen molar-refractivity contribution in [3.63, 3.8) is 0 Å². The number of aryl methyl sites for hydroxylation is 1. The lowest BCUT2D eigenvalue weighted by atomic mass is 10.2. The number of pyridine rings is 1. The van der Waals surface area contributed by atoms with Crippen LogP contribution in [-0.2, 0) is 6.54 Å².